The van der Waals surface area contributed by atoms with E-state index in [0.29, 0.717) is 28.3 Å². The predicted octanol–water partition coefficient (Wildman–Crippen LogP) is 3.14. The third-order valence-corrected chi connectivity index (χ3v) is 2.64. The van der Waals surface area contributed by atoms with Crippen LogP contribution in [0, 0.1) is 11.3 Å². The molecule has 2 rings (SSSR count). The molecule has 0 aliphatic rings. The highest BCUT2D eigenvalue weighted by molar-refractivity contribution is 5.99. The molecule has 0 bridgehead atoms. The zero-order chi connectivity index (χ0) is 13.8. The molecule has 0 aliphatic heterocycles. The van der Waals surface area contributed by atoms with E-state index in [2.05, 4.69) is 0 Å². The van der Waals surface area contributed by atoms with Gasteiger partial charge in [-0.1, -0.05) is 12.1 Å². The van der Waals surface area contributed by atoms with Crippen molar-refractivity contribution in [1.82, 2.24) is 0 Å². The minimum absolute atomic E-state index is 0.128. The van der Waals surface area contributed by atoms with Gasteiger partial charge in [-0.3, -0.25) is 4.79 Å². The van der Waals surface area contributed by atoms with E-state index in [1.165, 1.54) is 6.92 Å². The summed E-state index contributed by atoms with van der Waals surface area (Å²) in [6.45, 7) is 1.44. The molecule has 0 spiro atoms. The summed E-state index contributed by atoms with van der Waals surface area (Å²) < 4.78 is 5.62. The highest BCUT2D eigenvalue weighted by atomic mass is 16.5. The van der Waals surface area contributed by atoms with Gasteiger partial charge < -0.3 is 10.5 Å². The lowest BCUT2D eigenvalue weighted by molar-refractivity contribution is 0.101. The average Bonchev–Trinajstić information content (AvgIpc) is 2.41. The third-order valence-electron chi connectivity index (χ3n) is 2.64. The van der Waals surface area contributed by atoms with Crippen molar-refractivity contribution in [2.75, 3.05) is 5.73 Å². The Morgan fingerprint density at radius 1 is 1.26 bits per heavy atom. The number of nitrogen functional groups attached to an aromatic ring is 1. The van der Waals surface area contributed by atoms with Crippen molar-refractivity contribution >= 4 is 11.5 Å². The van der Waals surface area contributed by atoms with Crippen LogP contribution in [0.25, 0.3) is 0 Å². The third kappa shape index (κ3) is 2.72. The number of Topliss-reactive ketones (excluding diaryl/α,β-unsaturated/α-hetero) is 1. The molecule has 0 heterocycles. The van der Waals surface area contributed by atoms with Crippen molar-refractivity contribution in [3.63, 3.8) is 0 Å². The number of para-hydroxylation sites is 1. The van der Waals surface area contributed by atoms with E-state index in [-0.39, 0.29) is 5.78 Å². The molecule has 0 atom stereocenters. The number of carbonyl (C=O) groups excluding carboxylic acids is 1. The quantitative estimate of drug-likeness (QED) is 0.672. The van der Waals surface area contributed by atoms with Crippen LogP contribution in [0.3, 0.4) is 0 Å². The second-order valence-electron chi connectivity index (χ2n) is 4.02. The molecule has 0 aromatic heterocycles. The number of hydrogen-bond acceptors (Lipinski definition) is 4. The number of nitrogens with zero attached hydrogens (tertiary/aromatic N) is 1. The lowest BCUT2D eigenvalue weighted by Gasteiger charge is -2.09. The standard InChI is InChI=1S/C15H12N2O2/c1-10(18)13-8-12(6-7-14(13)17)19-15-5-3-2-4-11(15)9-16/h2-8H,17H2,1H3. The number of rotatable bonds is 3. The first-order valence-electron chi connectivity index (χ1n) is 5.69. The highest BCUT2D eigenvalue weighted by Crippen LogP contribution is 2.27. The molecule has 0 saturated carbocycles. The van der Waals surface area contributed by atoms with E-state index in [4.69, 9.17) is 15.7 Å². The van der Waals surface area contributed by atoms with Gasteiger partial charge in [0.15, 0.2) is 5.78 Å². The molecule has 0 fully saturated rings. The van der Waals surface area contributed by atoms with E-state index < -0.39 is 0 Å². The molecule has 4 nitrogen and oxygen atoms in total. The van der Waals surface area contributed by atoms with Crippen LogP contribution >= 0.6 is 0 Å². The molecule has 0 saturated heterocycles. The molecule has 2 aromatic rings. The van der Waals surface area contributed by atoms with Crippen molar-refractivity contribution in [1.29, 1.82) is 5.26 Å². The minimum Gasteiger partial charge on any atom is -0.456 e. The average molecular weight is 252 g/mol. The van der Waals surface area contributed by atoms with Crippen LogP contribution in [0.1, 0.15) is 22.8 Å². The molecule has 19 heavy (non-hydrogen) atoms. The number of anilines is 1. The van der Waals surface area contributed by atoms with Crippen LogP contribution in [-0.2, 0) is 0 Å². The minimum atomic E-state index is -0.128. The fourth-order valence-corrected chi connectivity index (χ4v) is 1.68. The van der Waals surface area contributed by atoms with Crippen molar-refractivity contribution in [3.8, 4) is 17.6 Å². The van der Waals surface area contributed by atoms with Gasteiger partial charge in [-0.05, 0) is 37.3 Å². The summed E-state index contributed by atoms with van der Waals surface area (Å²) >= 11 is 0. The number of benzene rings is 2. The maximum atomic E-state index is 11.4. The summed E-state index contributed by atoms with van der Waals surface area (Å²) in [6.07, 6.45) is 0. The number of ketones is 1. The van der Waals surface area contributed by atoms with Crippen molar-refractivity contribution in [3.05, 3.63) is 53.6 Å². The maximum Gasteiger partial charge on any atom is 0.162 e. The number of nitriles is 1. The fraction of sp³-hybridized carbons (Fsp3) is 0.0667. The smallest absolute Gasteiger partial charge is 0.162 e. The van der Waals surface area contributed by atoms with Crippen LogP contribution in [0.5, 0.6) is 11.5 Å². The summed E-state index contributed by atoms with van der Waals surface area (Å²) in [5.41, 5.74) is 6.96. The molecule has 2 N–H and O–H groups in total. The molecule has 0 unspecified atom stereocenters. The van der Waals surface area contributed by atoms with Gasteiger partial charge in [0, 0.05) is 11.3 Å². The highest BCUT2D eigenvalue weighted by Gasteiger charge is 2.08. The first-order valence-corrected chi connectivity index (χ1v) is 5.69. The van der Waals surface area contributed by atoms with Crippen LogP contribution in [0.2, 0.25) is 0 Å². The van der Waals surface area contributed by atoms with E-state index >= 15 is 0 Å². The first kappa shape index (κ1) is 12.7. The second-order valence-corrected chi connectivity index (χ2v) is 4.02. The van der Waals surface area contributed by atoms with Crippen LogP contribution in [-0.4, -0.2) is 5.78 Å². The number of ether oxygens (including phenoxy) is 1. The molecule has 94 valence electrons. The Labute approximate surface area is 111 Å². The van der Waals surface area contributed by atoms with Gasteiger partial charge in [0.25, 0.3) is 0 Å². The summed E-state index contributed by atoms with van der Waals surface area (Å²) in [5, 5.41) is 8.98. The zero-order valence-electron chi connectivity index (χ0n) is 10.4. The summed E-state index contributed by atoms with van der Waals surface area (Å²) in [5.74, 6) is 0.794. The van der Waals surface area contributed by atoms with Gasteiger partial charge in [-0.2, -0.15) is 5.26 Å². The lowest BCUT2D eigenvalue weighted by Crippen LogP contribution is -2.00. The predicted molar refractivity (Wildman–Crippen MR) is 72.1 cm³/mol. The van der Waals surface area contributed by atoms with E-state index in [0.717, 1.165) is 0 Å². The molecule has 4 heteroatoms. The van der Waals surface area contributed by atoms with Gasteiger partial charge in [-0.25, -0.2) is 0 Å². The van der Waals surface area contributed by atoms with Crippen LogP contribution in [0.4, 0.5) is 5.69 Å². The molecule has 0 radical (unpaired) electrons. The Kier molecular flexibility index (Phi) is 3.48. The Morgan fingerprint density at radius 2 is 2.00 bits per heavy atom. The van der Waals surface area contributed by atoms with Gasteiger partial charge in [-0.15, -0.1) is 0 Å². The number of hydrogen-bond donors (Lipinski definition) is 1. The normalized spacial score (nSPS) is 9.68. The van der Waals surface area contributed by atoms with Crippen molar-refractivity contribution in [2.24, 2.45) is 0 Å². The largest absolute Gasteiger partial charge is 0.456 e. The summed E-state index contributed by atoms with van der Waals surface area (Å²) in [6, 6.07) is 13.8. The molecular weight excluding hydrogens is 240 g/mol. The van der Waals surface area contributed by atoms with E-state index in [1.807, 2.05) is 6.07 Å². The Balaban J connectivity index is 2.37. The van der Waals surface area contributed by atoms with E-state index in [1.54, 1.807) is 42.5 Å². The molecule has 2 aromatic carbocycles. The first-order chi connectivity index (χ1) is 9.11. The van der Waals surface area contributed by atoms with Crippen LogP contribution < -0.4 is 10.5 Å². The van der Waals surface area contributed by atoms with Gasteiger partial charge in [0.05, 0.1) is 5.56 Å². The Morgan fingerprint density at radius 3 is 2.68 bits per heavy atom. The SMILES string of the molecule is CC(=O)c1cc(Oc2ccccc2C#N)ccc1N. The zero-order valence-corrected chi connectivity index (χ0v) is 10.4. The Hall–Kier alpha value is -2.80. The van der Waals surface area contributed by atoms with Crippen LogP contribution in [0.15, 0.2) is 42.5 Å². The topological polar surface area (TPSA) is 76.1 Å². The maximum absolute atomic E-state index is 11.4. The number of carbonyl (C=O) groups is 1. The summed E-state index contributed by atoms with van der Waals surface area (Å²) in [7, 11) is 0. The van der Waals surface area contributed by atoms with Crippen molar-refractivity contribution < 1.29 is 9.53 Å². The molecule has 0 aliphatic carbocycles. The van der Waals surface area contributed by atoms with Gasteiger partial charge in [0.1, 0.15) is 17.6 Å². The fourth-order valence-electron chi connectivity index (χ4n) is 1.68. The lowest BCUT2D eigenvalue weighted by atomic mass is 10.1. The monoisotopic (exact) mass is 252 g/mol. The Bertz CT molecular complexity index is 672. The number of nitrogens with two attached hydrogens (primary N) is 1. The van der Waals surface area contributed by atoms with E-state index in [9.17, 15) is 4.79 Å². The second kappa shape index (κ2) is 5.23. The van der Waals surface area contributed by atoms with Crippen molar-refractivity contribution in [2.45, 2.75) is 6.92 Å². The molecular formula is C15H12N2O2. The van der Waals surface area contributed by atoms with Gasteiger partial charge in [0.2, 0.25) is 0 Å². The van der Waals surface area contributed by atoms with Gasteiger partial charge >= 0.3 is 0 Å². The molecule has 0 amide bonds. The summed E-state index contributed by atoms with van der Waals surface area (Å²) in [4.78, 5) is 11.4.